The minimum absolute atomic E-state index is 0.235. The van der Waals surface area contributed by atoms with Gasteiger partial charge in [0.25, 0.3) is 5.91 Å². The van der Waals surface area contributed by atoms with Crippen LogP contribution in [0.5, 0.6) is 0 Å². The quantitative estimate of drug-likeness (QED) is 0.687. The van der Waals surface area contributed by atoms with E-state index in [1.54, 1.807) is 6.07 Å². The van der Waals surface area contributed by atoms with Crippen LogP contribution in [0.15, 0.2) is 60.9 Å². The summed E-state index contributed by atoms with van der Waals surface area (Å²) in [6, 6.07) is 17.2. The third-order valence-corrected chi connectivity index (χ3v) is 4.01. The third-order valence-electron chi connectivity index (χ3n) is 3.78. The van der Waals surface area contributed by atoms with Crippen LogP contribution in [0.2, 0.25) is 5.02 Å². The molecule has 0 aliphatic carbocycles. The predicted molar refractivity (Wildman–Crippen MR) is 104 cm³/mol. The van der Waals surface area contributed by atoms with Crippen LogP contribution in [0.4, 0.5) is 11.5 Å². The van der Waals surface area contributed by atoms with Crippen LogP contribution in [0.1, 0.15) is 21.6 Å². The second-order valence-corrected chi connectivity index (χ2v) is 6.36. The summed E-state index contributed by atoms with van der Waals surface area (Å²) in [4.78, 5) is 20.5. The van der Waals surface area contributed by atoms with Crippen LogP contribution in [-0.4, -0.2) is 22.4 Å². The summed E-state index contributed by atoms with van der Waals surface area (Å²) in [5, 5.41) is 6.74. The van der Waals surface area contributed by atoms with Crippen molar-refractivity contribution in [2.24, 2.45) is 0 Å². The summed E-state index contributed by atoms with van der Waals surface area (Å²) in [7, 11) is 0. The Bertz CT molecular complexity index is 914. The highest BCUT2D eigenvalue weighted by Gasteiger charge is 2.08. The second kappa shape index (κ2) is 8.45. The van der Waals surface area contributed by atoms with Crippen LogP contribution < -0.4 is 10.6 Å². The fourth-order valence-electron chi connectivity index (χ4n) is 2.52. The SMILES string of the molecule is Cc1cccc(Nc2cc(C(=O)NCCc3cccc(Cl)c3)ncn2)c1. The van der Waals surface area contributed by atoms with E-state index in [1.165, 1.54) is 6.33 Å². The van der Waals surface area contributed by atoms with Crippen molar-refractivity contribution < 1.29 is 4.79 Å². The lowest BCUT2D eigenvalue weighted by molar-refractivity contribution is 0.0949. The number of rotatable bonds is 6. The Balaban J connectivity index is 1.59. The van der Waals surface area contributed by atoms with E-state index in [0.29, 0.717) is 29.5 Å². The first-order chi connectivity index (χ1) is 12.6. The van der Waals surface area contributed by atoms with Crippen molar-refractivity contribution in [3.8, 4) is 0 Å². The van der Waals surface area contributed by atoms with Crippen LogP contribution in [0.3, 0.4) is 0 Å². The lowest BCUT2D eigenvalue weighted by Crippen LogP contribution is -2.26. The number of hydrogen-bond donors (Lipinski definition) is 2. The highest BCUT2D eigenvalue weighted by atomic mass is 35.5. The molecule has 0 saturated heterocycles. The second-order valence-electron chi connectivity index (χ2n) is 5.92. The molecule has 0 spiro atoms. The normalized spacial score (nSPS) is 10.4. The summed E-state index contributed by atoms with van der Waals surface area (Å²) in [6.07, 6.45) is 2.08. The molecule has 26 heavy (non-hydrogen) atoms. The summed E-state index contributed by atoms with van der Waals surface area (Å²) in [5.41, 5.74) is 3.45. The summed E-state index contributed by atoms with van der Waals surface area (Å²) in [6.45, 7) is 2.52. The van der Waals surface area contributed by atoms with Gasteiger partial charge in [-0.3, -0.25) is 4.79 Å². The number of aromatic nitrogens is 2. The van der Waals surface area contributed by atoms with E-state index in [4.69, 9.17) is 11.6 Å². The number of anilines is 2. The third kappa shape index (κ3) is 5.04. The first-order valence-corrected chi connectivity index (χ1v) is 8.66. The van der Waals surface area contributed by atoms with E-state index in [0.717, 1.165) is 16.8 Å². The Morgan fingerprint density at radius 1 is 1.08 bits per heavy atom. The number of carbonyl (C=O) groups is 1. The predicted octanol–water partition coefficient (Wildman–Crippen LogP) is 4.15. The van der Waals surface area contributed by atoms with Crippen molar-refractivity contribution in [1.29, 1.82) is 0 Å². The van der Waals surface area contributed by atoms with Crippen molar-refractivity contribution in [2.75, 3.05) is 11.9 Å². The van der Waals surface area contributed by atoms with Crippen molar-refractivity contribution in [3.63, 3.8) is 0 Å². The fraction of sp³-hybridized carbons (Fsp3) is 0.150. The van der Waals surface area contributed by atoms with E-state index < -0.39 is 0 Å². The molecule has 0 saturated carbocycles. The molecule has 6 heteroatoms. The Labute approximate surface area is 157 Å². The van der Waals surface area contributed by atoms with Gasteiger partial charge < -0.3 is 10.6 Å². The lowest BCUT2D eigenvalue weighted by Gasteiger charge is -2.08. The zero-order valence-electron chi connectivity index (χ0n) is 14.4. The molecule has 0 unspecified atom stereocenters. The molecule has 2 aromatic carbocycles. The number of aryl methyl sites for hydroxylation is 1. The van der Waals surface area contributed by atoms with Gasteiger partial charge in [0.15, 0.2) is 0 Å². The lowest BCUT2D eigenvalue weighted by atomic mass is 10.1. The largest absolute Gasteiger partial charge is 0.350 e. The Hall–Kier alpha value is -2.92. The van der Waals surface area contributed by atoms with E-state index in [9.17, 15) is 4.79 Å². The van der Waals surface area contributed by atoms with Gasteiger partial charge in [-0.15, -0.1) is 0 Å². The van der Waals surface area contributed by atoms with Gasteiger partial charge in [-0.1, -0.05) is 35.9 Å². The van der Waals surface area contributed by atoms with Gasteiger partial charge in [0.05, 0.1) is 0 Å². The molecule has 132 valence electrons. The molecule has 5 nitrogen and oxygen atoms in total. The minimum atomic E-state index is -0.235. The number of hydrogen-bond acceptors (Lipinski definition) is 4. The van der Waals surface area contributed by atoms with Gasteiger partial charge in [-0.05, 0) is 48.7 Å². The molecule has 0 fully saturated rings. The molecule has 0 aliphatic rings. The van der Waals surface area contributed by atoms with Crippen LogP contribution in [0.25, 0.3) is 0 Å². The Kier molecular flexibility index (Phi) is 5.81. The van der Waals surface area contributed by atoms with E-state index in [-0.39, 0.29) is 5.91 Å². The maximum absolute atomic E-state index is 12.3. The molecule has 0 aliphatic heterocycles. The Morgan fingerprint density at radius 3 is 2.73 bits per heavy atom. The standard InChI is InChI=1S/C20H19ClN4O/c1-14-4-2-7-17(10-14)25-19-12-18(23-13-24-19)20(26)22-9-8-15-5-3-6-16(21)11-15/h2-7,10-13H,8-9H2,1H3,(H,22,26)(H,23,24,25). The van der Waals surface area contributed by atoms with Gasteiger partial charge in [0.1, 0.15) is 17.8 Å². The zero-order chi connectivity index (χ0) is 18.4. The maximum Gasteiger partial charge on any atom is 0.270 e. The summed E-state index contributed by atoms with van der Waals surface area (Å²) < 4.78 is 0. The number of amides is 1. The zero-order valence-corrected chi connectivity index (χ0v) is 15.1. The molecule has 3 aromatic rings. The van der Waals surface area contributed by atoms with Crippen molar-refractivity contribution in [3.05, 3.63) is 82.8 Å². The maximum atomic E-state index is 12.3. The molecule has 2 N–H and O–H groups in total. The smallest absolute Gasteiger partial charge is 0.270 e. The van der Waals surface area contributed by atoms with Gasteiger partial charge in [-0.25, -0.2) is 9.97 Å². The van der Waals surface area contributed by atoms with Crippen molar-refractivity contribution in [1.82, 2.24) is 15.3 Å². The Morgan fingerprint density at radius 2 is 1.92 bits per heavy atom. The van der Waals surface area contributed by atoms with E-state index in [2.05, 4.69) is 20.6 Å². The molecule has 3 rings (SSSR count). The average Bonchev–Trinajstić information content (AvgIpc) is 2.62. The number of halogens is 1. The van der Waals surface area contributed by atoms with E-state index >= 15 is 0 Å². The molecule has 1 amide bonds. The summed E-state index contributed by atoms with van der Waals surface area (Å²) >= 11 is 5.96. The summed E-state index contributed by atoms with van der Waals surface area (Å²) in [5.74, 6) is 0.340. The molecule has 1 aromatic heterocycles. The first kappa shape index (κ1) is 17.9. The van der Waals surface area contributed by atoms with Gasteiger partial charge in [0.2, 0.25) is 0 Å². The first-order valence-electron chi connectivity index (χ1n) is 8.28. The van der Waals surface area contributed by atoms with Gasteiger partial charge >= 0.3 is 0 Å². The highest BCUT2D eigenvalue weighted by molar-refractivity contribution is 6.30. The van der Waals surface area contributed by atoms with Crippen molar-refractivity contribution >= 4 is 29.0 Å². The van der Waals surface area contributed by atoms with E-state index in [1.807, 2.05) is 55.5 Å². The van der Waals surface area contributed by atoms with Crippen LogP contribution in [-0.2, 0) is 6.42 Å². The van der Waals surface area contributed by atoms with Gasteiger partial charge in [0, 0.05) is 23.3 Å². The molecule has 0 bridgehead atoms. The number of nitrogens with zero attached hydrogens (tertiary/aromatic N) is 2. The van der Waals surface area contributed by atoms with Crippen molar-refractivity contribution in [2.45, 2.75) is 13.3 Å². The monoisotopic (exact) mass is 366 g/mol. The number of carbonyl (C=O) groups excluding carboxylic acids is 1. The number of nitrogens with one attached hydrogen (secondary N) is 2. The van der Waals surface area contributed by atoms with Gasteiger partial charge in [-0.2, -0.15) is 0 Å². The average molecular weight is 367 g/mol. The molecular weight excluding hydrogens is 348 g/mol. The molecule has 1 heterocycles. The number of benzene rings is 2. The molecule has 0 radical (unpaired) electrons. The minimum Gasteiger partial charge on any atom is -0.350 e. The molecular formula is C20H19ClN4O. The highest BCUT2D eigenvalue weighted by Crippen LogP contribution is 2.16. The topological polar surface area (TPSA) is 66.9 Å². The fourth-order valence-corrected chi connectivity index (χ4v) is 2.74. The molecule has 0 atom stereocenters. The van der Waals surface area contributed by atoms with Crippen LogP contribution >= 0.6 is 11.6 Å². The van der Waals surface area contributed by atoms with Crippen LogP contribution in [0, 0.1) is 6.92 Å².